The summed E-state index contributed by atoms with van der Waals surface area (Å²) in [4.78, 5) is 12.1. The summed E-state index contributed by atoms with van der Waals surface area (Å²) in [5.74, 6) is -1.18. The molecule has 0 unspecified atom stereocenters. The van der Waals surface area contributed by atoms with Gasteiger partial charge in [-0.15, -0.1) is 0 Å². The molecule has 1 aliphatic carbocycles. The highest BCUT2D eigenvalue weighted by molar-refractivity contribution is 5.60. The van der Waals surface area contributed by atoms with E-state index in [0.717, 1.165) is 12.8 Å². The van der Waals surface area contributed by atoms with Gasteiger partial charge >= 0.3 is 6.16 Å². The molecule has 10 heteroatoms. The Hall–Kier alpha value is -1.01. The summed E-state index contributed by atoms with van der Waals surface area (Å²) in [6.45, 7) is 2.25. The molecule has 1 saturated carbocycles. The zero-order valence-electron chi connectivity index (χ0n) is 25.0. The van der Waals surface area contributed by atoms with E-state index in [1.54, 1.807) is 0 Å². The third-order valence-electron chi connectivity index (χ3n) is 7.86. The third-order valence-corrected chi connectivity index (χ3v) is 7.86. The SMILES string of the molecule is CCCCCCCCCCCCCCCCCCOC[C@H](COC(=O)O[C@H]1[C@H](O)[C@@H](O)[C@H](O)[C@H](CO)[C@H]1O)OC. The highest BCUT2D eigenvalue weighted by Gasteiger charge is 2.50. The molecule has 0 radical (unpaired) electrons. The van der Waals surface area contributed by atoms with E-state index in [1.807, 2.05) is 0 Å². The lowest BCUT2D eigenvalue weighted by Crippen LogP contribution is -2.63. The minimum absolute atomic E-state index is 0.165. The van der Waals surface area contributed by atoms with Crippen LogP contribution in [0.4, 0.5) is 4.79 Å². The van der Waals surface area contributed by atoms with Gasteiger partial charge in [-0.1, -0.05) is 103 Å². The minimum atomic E-state index is -1.73. The molecule has 238 valence electrons. The Labute approximate surface area is 241 Å². The summed E-state index contributed by atoms with van der Waals surface area (Å²) >= 11 is 0. The van der Waals surface area contributed by atoms with E-state index in [9.17, 15) is 30.3 Å². The first-order valence-corrected chi connectivity index (χ1v) is 15.6. The van der Waals surface area contributed by atoms with Crippen LogP contribution >= 0.6 is 0 Å². The Morgan fingerprint density at radius 3 is 1.65 bits per heavy atom. The fourth-order valence-electron chi connectivity index (χ4n) is 5.11. The van der Waals surface area contributed by atoms with Gasteiger partial charge in [0, 0.05) is 19.6 Å². The molecule has 0 saturated heterocycles. The van der Waals surface area contributed by atoms with E-state index >= 15 is 0 Å². The second kappa shape index (κ2) is 23.5. The Morgan fingerprint density at radius 1 is 0.675 bits per heavy atom. The molecule has 5 N–H and O–H groups in total. The second-order valence-electron chi connectivity index (χ2n) is 11.2. The molecule has 10 nitrogen and oxygen atoms in total. The Balaban J connectivity index is 2.01. The number of hydrogen-bond donors (Lipinski definition) is 5. The van der Waals surface area contributed by atoms with Gasteiger partial charge in [0.2, 0.25) is 0 Å². The van der Waals surface area contributed by atoms with Crippen molar-refractivity contribution in [3.63, 3.8) is 0 Å². The molecule has 0 amide bonds. The smallest absolute Gasteiger partial charge is 0.431 e. The highest BCUT2D eigenvalue weighted by Crippen LogP contribution is 2.28. The standard InChI is InChI=1S/C30H58O10/c1-3-4-5-6-7-8-9-10-11-12-13-14-15-16-17-18-19-38-21-23(37-2)22-39-30(36)40-29-26(33)24(20-31)25(32)27(34)28(29)35/h23-29,31-35H,3-22H2,1-2H3/t23-,24+,25-,26-,27+,28-,29-/m1/s1. The number of methoxy groups -OCH3 is 1. The molecule has 1 aliphatic rings. The largest absolute Gasteiger partial charge is 0.508 e. The lowest BCUT2D eigenvalue weighted by molar-refractivity contribution is -0.214. The van der Waals surface area contributed by atoms with Crippen LogP contribution < -0.4 is 0 Å². The molecule has 1 fully saturated rings. The first kappa shape index (κ1) is 37.0. The summed E-state index contributed by atoms with van der Waals surface area (Å²) in [7, 11) is 1.47. The van der Waals surface area contributed by atoms with Crippen LogP contribution in [0.1, 0.15) is 110 Å². The summed E-state index contributed by atoms with van der Waals surface area (Å²) in [6.07, 6.45) is 11.1. The maximum atomic E-state index is 12.1. The molecule has 40 heavy (non-hydrogen) atoms. The van der Waals surface area contributed by atoms with E-state index in [-0.39, 0.29) is 13.2 Å². The van der Waals surface area contributed by atoms with E-state index in [1.165, 1.54) is 97.0 Å². The number of rotatable bonds is 24. The number of carbonyl (C=O) groups excluding carboxylic acids is 1. The van der Waals surface area contributed by atoms with Gasteiger partial charge in [0.1, 0.15) is 31.0 Å². The van der Waals surface area contributed by atoms with Gasteiger partial charge < -0.3 is 44.5 Å². The number of aliphatic hydroxyl groups is 5. The molecule has 0 bridgehead atoms. The predicted octanol–water partition coefficient (Wildman–Crippen LogP) is 3.87. The van der Waals surface area contributed by atoms with Crippen LogP contribution in [0.25, 0.3) is 0 Å². The molecule has 7 atom stereocenters. The van der Waals surface area contributed by atoms with Crippen molar-refractivity contribution in [2.75, 3.05) is 33.5 Å². The van der Waals surface area contributed by atoms with Gasteiger partial charge in [-0.05, 0) is 6.42 Å². The number of carbonyl (C=O) groups is 1. The quantitative estimate of drug-likeness (QED) is 0.0842. The highest BCUT2D eigenvalue weighted by atomic mass is 16.7. The molecular weight excluding hydrogens is 520 g/mol. The maximum Gasteiger partial charge on any atom is 0.508 e. The lowest BCUT2D eigenvalue weighted by Gasteiger charge is -2.42. The number of unbranched alkanes of at least 4 members (excludes halogenated alkanes) is 15. The fraction of sp³-hybridized carbons (Fsp3) is 0.967. The van der Waals surface area contributed by atoms with Gasteiger partial charge in [-0.2, -0.15) is 0 Å². The van der Waals surface area contributed by atoms with Crippen molar-refractivity contribution in [3.8, 4) is 0 Å². The van der Waals surface area contributed by atoms with Crippen molar-refractivity contribution in [1.82, 2.24) is 0 Å². The molecule has 0 aromatic carbocycles. The summed E-state index contributed by atoms with van der Waals surface area (Å²) in [6, 6.07) is 0. The van der Waals surface area contributed by atoms with Crippen LogP contribution in [-0.4, -0.2) is 102 Å². The molecule has 1 rings (SSSR count). The zero-order chi connectivity index (χ0) is 29.6. The molecule has 0 aromatic rings. The second-order valence-corrected chi connectivity index (χ2v) is 11.2. The fourth-order valence-corrected chi connectivity index (χ4v) is 5.11. The Kier molecular flexibility index (Phi) is 21.8. The van der Waals surface area contributed by atoms with E-state index in [4.69, 9.17) is 18.9 Å². The number of aliphatic hydroxyl groups excluding tert-OH is 5. The summed E-state index contributed by atoms with van der Waals surface area (Å²) in [5, 5.41) is 49.3. The molecule has 0 aromatic heterocycles. The zero-order valence-corrected chi connectivity index (χ0v) is 25.0. The molecular formula is C30H58O10. The van der Waals surface area contributed by atoms with Crippen molar-refractivity contribution in [2.24, 2.45) is 5.92 Å². The number of ether oxygens (including phenoxy) is 4. The van der Waals surface area contributed by atoms with Crippen molar-refractivity contribution in [2.45, 2.75) is 146 Å². The normalized spacial score (nSPS) is 25.6. The Morgan fingerprint density at radius 2 is 1.18 bits per heavy atom. The summed E-state index contributed by atoms with van der Waals surface area (Å²) < 4.78 is 20.9. The minimum Gasteiger partial charge on any atom is -0.431 e. The topological polar surface area (TPSA) is 155 Å². The lowest BCUT2D eigenvalue weighted by atomic mass is 9.79. The van der Waals surface area contributed by atoms with Crippen molar-refractivity contribution >= 4 is 6.16 Å². The average Bonchev–Trinajstić information content (AvgIpc) is 2.95. The van der Waals surface area contributed by atoms with Gasteiger partial charge in [-0.25, -0.2) is 4.79 Å². The van der Waals surface area contributed by atoms with Crippen molar-refractivity contribution in [3.05, 3.63) is 0 Å². The van der Waals surface area contributed by atoms with Gasteiger partial charge in [0.15, 0.2) is 6.10 Å². The van der Waals surface area contributed by atoms with E-state index in [2.05, 4.69) is 6.92 Å². The summed E-state index contributed by atoms with van der Waals surface area (Å²) in [5.41, 5.74) is 0. The maximum absolute atomic E-state index is 12.1. The third kappa shape index (κ3) is 15.3. The van der Waals surface area contributed by atoms with E-state index < -0.39 is 55.3 Å². The predicted molar refractivity (Wildman–Crippen MR) is 152 cm³/mol. The van der Waals surface area contributed by atoms with Gasteiger partial charge in [0.05, 0.1) is 19.3 Å². The average molecular weight is 579 g/mol. The first-order chi connectivity index (χ1) is 19.4. The molecule has 0 aliphatic heterocycles. The van der Waals surface area contributed by atoms with Crippen LogP contribution in [-0.2, 0) is 18.9 Å². The van der Waals surface area contributed by atoms with Crippen molar-refractivity contribution in [1.29, 1.82) is 0 Å². The van der Waals surface area contributed by atoms with Gasteiger partial charge in [-0.3, -0.25) is 0 Å². The van der Waals surface area contributed by atoms with Gasteiger partial charge in [0.25, 0.3) is 0 Å². The molecule has 0 heterocycles. The monoisotopic (exact) mass is 578 g/mol. The van der Waals surface area contributed by atoms with Crippen LogP contribution in [0.2, 0.25) is 0 Å². The van der Waals surface area contributed by atoms with Crippen LogP contribution in [0.5, 0.6) is 0 Å². The molecule has 0 spiro atoms. The Bertz CT molecular complexity index is 607. The first-order valence-electron chi connectivity index (χ1n) is 15.6. The van der Waals surface area contributed by atoms with Crippen LogP contribution in [0.15, 0.2) is 0 Å². The number of hydrogen-bond acceptors (Lipinski definition) is 10. The van der Waals surface area contributed by atoms with Crippen LogP contribution in [0.3, 0.4) is 0 Å². The van der Waals surface area contributed by atoms with Crippen molar-refractivity contribution < 1.29 is 49.3 Å². The van der Waals surface area contributed by atoms with E-state index in [0.29, 0.717) is 6.61 Å². The van der Waals surface area contributed by atoms with Crippen LogP contribution in [0, 0.1) is 5.92 Å².